The minimum absolute atomic E-state index is 0.167. The fraction of sp³-hybridized carbons (Fsp3) is 0.381. The maximum absolute atomic E-state index is 11.9. The molecule has 1 heterocycles. The normalized spacial score (nSPS) is 15.2. The van der Waals surface area contributed by atoms with Crippen LogP contribution >= 0.6 is 23.2 Å². The SMILES string of the molecule is O=C(NCCCN1CCC(Oc2ccc(Cl)c(Cl)c2)CC1)Nc1ccccc1. The number of hydrogen-bond donors (Lipinski definition) is 2. The quantitative estimate of drug-likeness (QED) is 0.614. The Morgan fingerprint density at radius 1 is 1.07 bits per heavy atom. The fourth-order valence-corrected chi connectivity index (χ4v) is 3.48. The van der Waals surface area contributed by atoms with Crippen molar-refractivity contribution in [3.63, 3.8) is 0 Å². The molecule has 0 aliphatic carbocycles. The Labute approximate surface area is 176 Å². The number of halogens is 2. The van der Waals surface area contributed by atoms with Crippen molar-refractivity contribution in [2.24, 2.45) is 0 Å². The summed E-state index contributed by atoms with van der Waals surface area (Å²) < 4.78 is 6.02. The Bertz CT molecular complexity index is 766. The molecule has 0 spiro atoms. The van der Waals surface area contributed by atoms with Crippen molar-refractivity contribution in [2.75, 3.05) is 31.5 Å². The smallest absolute Gasteiger partial charge is 0.319 e. The van der Waals surface area contributed by atoms with E-state index in [1.54, 1.807) is 12.1 Å². The Kier molecular flexibility index (Phi) is 7.83. The first kappa shape index (κ1) is 20.8. The number of piperidine rings is 1. The number of carbonyl (C=O) groups is 1. The largest absolute Gasteiger partial charge is 0.490 e. The van der Waals surface area contributed by atoms with Crippen LogP contribution in [0.4, 0.5) is 10.5 Å². The molecule has 2 aromatic carbocycles. The van der Waals surface area contributed by atoms with E-state index in [0.29, 0.717) is 16.6 Å². The second-order valence-corrected chi connectivity index (χ2v) is 7.65. The van der Waals surface area contributed by atoms with Crippen molar-refractivity contribution < 1.29 is 9.53 Å². The van der Waals surface area contributed by atoms with Gasteiger partial charge in [-0.3, -0.25) is 0 Å². The standard InChI is InChI=1S/C21H25Cl2N3O2/c22-19-8-7-18(15-20(19)23)28-17-9-13-26(14-10-17)12-4-11-24-21(27)25-16-5-2-1-3-6-16/h1-3,5-8,15,17H,4,9-14H2,(H2,24,25,27). The van der Waals surface area contributed by atoms with Crippen LogP contribution in [0.2, 0.25) is 10.0 Å². The lowest BCUT2D eigenvalue weighted by Gasteiger charge is -2.32. The Balaban J connectivity index is 1.29. The van der Waals surface area contributed by atoms with E-state index in [2.05, 4.69) is 15.5 Å². The second-order valence-electron chi connectivity index (χ2n) is 6.84. The Morgan fingerprint density at radius 2 is 1.82 bits per heavy atom. The Morgan fingerprint density at radius 3 is 2.54 bits per heavy atom. The van der Waals surface area contributed by atoms with Crippen LogP contribution in [0.3, 0.4) is 0 Å². The van der Waals surface area contributed by atoms with Gasteiger partial charge in [0.1, 0.15) is 11.9 Å². The molecule has 5 nitrogen and oxygen atoms in total. The summed E-state index contributed by atoms with van der Waals surface area (Å²) in [5, 5.41) is 6.77. The third kappa shape index (κ3) is 6.59. The van der Waals surface area contributed by atoms with Crippen LogP contribution in [-0.2, 0) is 0 Å². The number of likely N-dealkylation sites (tertiary alicyclic amines) is 1. The third-order valence-electron chi connectivity index (χ3n) is 4.70. The number of carbonyl (C=O) groups excluding carboxylic acids is 1. The number of benzene rings is 2. The summed E-state index contributed by atoms with van der Waals surface area (Å²) in [6.45, 7) is 3.59. The molecule has 0 aromatic heterocycles. The molecule has 0 atom stereocenters. The highest BCUT2D eigenvalue weighted by Gasteiger charge is 2.20. The van der Waals surface area contributed by atoms with Gasteiger partial charge in [0.15, 0.2) is 0 Å². The zero-order chi connectivity index (χ0) is 19.8. The number of anilines is 1. The van der Waals surface area contributed by atoms with Crippen LogP contribution in [0.25, 0.3) is 0 Å². The average Bonchev–Trinajstić information content (AvgIpc) is 2.70. The Hall–Kier alpha value is -1.95. The lowest BCUT2D eigenvalue weighted by atomic mass is 10.1. The van der Waals surface area contributed by atoms with E-state index in [-0.39, 0.29) is 12.1 Å². The van der Waals surface area contributed by atoms with Crippen LogP contribution in [0, 0.1) is 0 Å². The summed E-state index contributed by atoms with van der Waals surface area (Å²) in [4.78, 5) is 14.3. The first-order valence-corrected chi connectivity index (χ1v) is 10.3. The van der Waals surface area contributed by atoms with Gasteiger partial charge in [-0.1, -0.05) is 41.4 Å². The summed E-state index contributed by atoms with van der Waals surface area (Å²) in [5.74, 6) is 0.765. The van der Waals surface area contributed by atoms with E-state index in [1.807, 2.05) is 36.4 Å². The van der Waals surface area contributed by atoms with Gasteiger partial charge in [-0.05, 0) is 50.1 Å². The molecule has 0 radical (unpaired) electrons. The summed E-state index contributed by atoms with van der Waals surface area (Å²) in [6, 6.07) is 14.6. The number of para-hydroxylation sites is 1. The third-order valence-corrected chi connectivity index (χ3v) is 5.44. The number of amides is 2. The van der Waals surface area contributed by atoms with Gasteiger partial charge in [-0.2, -0.15) is 0 Å². The minimum atomic E-state index is -0.167. The van der Waals surface area contributed by atoms with E-state index in [4.69, 9.17) is 27.9 Å². The molecule has 2 N–H and O–H groups in total. The van der Waals surface area contributed by atoms with E-state index >= 15 is 0 Å². The van der Waals surface area contributed by atoms with Gasteiger partial charge in [0.2, 0.25) is 0 Å². The molecule has 0 saturated carbocycles. The molecular weight excluding hydrogens is 397 g/mol. The molecule has 0 bridgehead atoms. The predicted molar refractivity (Wildman–Crippen MR) is 115 cm³/mol. The lowest BCUT2D eigenvalue weighted by Crippen LogP contribution is -2.39. The highest BCUT2D eigenvalue weighted by Crippen LogP contribution is 2.28. The number of hydrogen-bond acceptors (Lipinski definition) is 3. The van der Waals surface area contributed by atoms with Gasteiger partial charge in [-0.25, -0.2) is 4.79 Å². The van der Waals surface area contributed by atoms with Gasteiger partial charge in [0, 0.05) is 31.4 Å². The van der Waals surface area contributed by atoms with Crippen molar-refractivity contribution in [1.29, 1.82) is 0 Å². The predicted octanol–water partition coefficient (Wildman–Crippen LogP) is 5.05. The molecule has 1 aliphatic heterocycles. The highest BCUT2D eigenvalue weighted by atomic mass is 35.5. The minimum Gasteiger partial charge on any atom is -0.490 e. The van der Waals surface area contributed by atoms with Crippen molar-refractivity contribution in [1.82, 2.24) is 10.2 Å². The molecule has 2 amide bonds. The second kappa shape index (κ2) is 10.6. The average molecular weight is 422 g/mol. The summed E-state index contributed by atoms with van der Waals surface area (Å²) >= 11 is 12.0. The first-order chi connectivity index (χ1) is 13.6. The number of nitrogens with zero attached hydrogens (tertiary/aromatic N) is 1. The van der Waals surface area contributed by atoms with Crippen LogP contribution in [-0.4, -0.2) is 43.2 Å². The maximum atomic E-state index is 11.9. The van der Waals surface area contributed by atoms with E-state index in [0.717, 1.165) is 50.3 Å². The molecule has 1 saturated heterocycles. The molecule has 7 heteroatoms. The van der Waals surface area contributed by atoms with Crippen LogP contribution in [0.1, 0.15) is 19.3 Å². The maximum Gasteiger partial charge on any atom is 0.319 e. The van der Waals surface area contributed by atoms with E-state index < -0.39 is 0 Å². The molecule has 28 heavy (non-hydrogen) atoms. The van der Waals surface area contributed by atoms with E-state index in [1.165, 1.54) is 0 Å². The zero-order valence-corrected chi connectivity index (χ0v) is 17.2. The number of rotatable bonds is 7. The van der Waals surface area contributed by atoms with E-state index in [9.17, 15) is 4.79 Å². The number of nitrogens with one attached hydrogen (secondary N) is 2. The van der Waals surface area contributed by atoms with Gasteiger partial charge in [0.25, 0.3) is 0 Å². The number of urea groups is 1. The monoisotopic (exact) mass is 421 g/mol. The van der Waals surface area contributed by atoms with Crippen molar-refractivity contribution >= 4 is 34.9 Å². The van der Waals surface area contributed by atoms with Crippen LogP contribution in [0.5, 0.6) is 5.75 Å². The van der Waals surface area contributed by atoms with Crippen molar-refractivity contribution in [3.05, 3.63) is 58.6 Å². The summed E-state index contributed by atoms with van der Waals surface area (Å²) in [6.07, 6.45) is 3.06. The fourth-order valence-electron chi connectivity index (χ4n) is 3.19. The van der Waals surface area contributed by atoms with Gasteiger partial charge in [-0.15, -0.1) is 0 Å². The zero-order valence-electron chi connectivity index (χ0n) is 15.7. The molecule has 2 aromatic rings. The lowest BCUT2D eigenvalue weighted by molar-refractivity contribution is 0.100. The number of ether oxygens (including phenoxy) is 1. The van der Waals surface area contributed by atoms with Gasteiger partial charge < -0.3 is 20.3 Å². The molecule has 150 valence electrons. The summed E-state index contributed by atoms with van der Waals surface area (Å²) in [5.41, 5.74) is 0.795. The van der Waals surface area contributed by atoms with Crippen molar-refractivity contribution in [2.45, 2.75) is 25.4 Å². The van der Waals surface area contributed by atoms with Crippen molar-refractivity contribution in [3.8, 4) is 5.75 Å². The first-order valence-electron chi connectivity index (χ1n) is 9.54. The molecule has 1 fully saturated rings. The summed E-state index contributed by atoms with van der Waals surface area (Å²) in [7, 11) is 0. The van der Waals surface area contributed by atoms with Crippen LogP contribution in [0.15, 0.2) is 48.5 Å². The van der Waals surface area contributed by atoms with Gasteiger partial charge in [0.05, 0.1) is 10.0 Å². The molecular formula is C21H25Cl2N3O2. The topological polar surface area (TPSA) is 53.6 Å². The molecule has 0 unspecified atom stereocenters. The molecule has 3 rings (SSSR count). The molecule has 1 aliphatic rings. The van der Waals surface area contributed by atoms with Crippen LogP contribution < -0.4 is 15.4 Å². The highest BCUT2D eigenvalue weighted by molar-refractivity contribution is 6.42. The van der Waals surface area contributed by atoms with Gasteiger partial charge >= 0.3 is 6.03 Å².